The van der Waals surface area contributed by atoms with Crippen LogP contribution in [-0.2, 0) is 9.59 Å². The van der Waals surface area contributed by atoms with Gasteiger partial charge < -0.3 is 16.2 Å². The van der Waals surface area contributed by atoms with E-state index < -0.39 is 17.6 Å². The Balaban J connectivity index is 2.91. The fourth-order valence-electron chi connectivity index (χ4n) is 1.82. The van der Waals surface area contributed by atoms with E-state index in [4.69, 9.17) is 10.8 Å². The van der Waals surface area contributed by atoms with Gasteiger partial charge in [0.15, 0.2) is 0 Å². The number of nitrogens with one attached hydrogen (secondary N) is 1. The molecule has 1 aliphatic rings. The van der Waals surface area contributed by atoms with Crippen molar-refractivity contribution in [3.8, 4) is 0 Å². The molecule has 0 radical (unpaired) electrons. The molecule has 0 aromatic rings. The van der Waals surface area contributed by atoms with Gasteiger partial charge in [0.1, 0.15) is 6.04 Å². The van der Waals surface area contributed by atoms with Gasteiger partial charge in [-0.3, -0.25) is 14.5 Å². The van der Waals surface area contributed by atoms with Crippen molar-refractivity contribution < 1.29 is 14.7 Å². The first kappa shape index (κ1) is 11.9. The molecule has 0 aromatic heterocycles. The lowest BCUT2D eigenvalue weighted by atomic mass is 9.96. The average molecular weight is 215 g/mol. The summed E-state index contributed by atoms with van der Waals surface area (Å²) in [6.07, 6.45) is 0. The second-order valence-electron chi connectivity index (χ2n) is 4.10. The minimum absolute atomic E-state index is 0.00600. The maximum atomic E-state index is 11.6. The number of nitrogens with two attached hydrogens (primary N) is 1. The quantitative estimate of drug-likeness (QED) is 0.538. The number of amides is 1. The summed E-state index contributed by atoms with van der Waals surface area (Å²) in [6, 6.07) is -0.800. The van der Waals surface area contributed by atoms with E-state index in [1.165, 1.54) is 0 Å². The van der Waals surface area contributed by atoms with E-state index in [1.54, 1.807) is 18.7 Å². The van der Waals surface area contributed by atoms with Gasteiger partial charge >= 0.3 is 5.97 Å². The van der Waals surface area contributed by atoms with Crippen LogP contribution in [0.3, 0.4) is 0 Å². The Morgan fingerprint density at radius 3 is 2.80 bits per heavy atom. The number of aliphatic carboxylic acids is 1. The van der Waals surface area contributed by atoms with Crippen LogP contribution in [-0.4, -0.2) is 53.1 Å². The Morgan fingerprint density at radius 2 is 2.33 bits per heavy atom. The van der Waals surface area contributed by atoms with Crippen LogP contribution < -0.4 is 11.1 Å². The van der Waals surface area contributed by atoms with Gasteiger partial charge in [0.25, 0.3) is 0 Å². The third-order valence-corrected chi connectivity index (χ3v) is 2.80. The molecule has 0 saturated carbocycles. The maximum Gasteiger partial charge on any atom is 0.322 e. The van der Waals surface area contributed by atoms with Crippen molar-refractivity contribution >= 4 is 11.9 Å². The summed E-state index contributed by atoms with van der Waals surface area (Å²) < 4.78 is 0. The topological polar surface area (TPSA) is 95.7 Å². The fourth-order valence-corrected chi connectivity index (χ4v) is 1.82. The van der Waals surface area contributed by atoms with E-state index in [0.717, 1.165) is 0 Å². The summed E-state index contributed by atoms with van der Waals surface area (Å²) in [6.45, 7) is 4.38. The van der Waals surface area contributed by atoms with Gasteiger partial charge in [-0.05, 0) is 13.8 Å². The van der Waals surface area contributed by atoms with Crippen LogP contribution in [0.4, 0.5) is 0 Å². The molecule has 0 aliphatic carbocycles. The third-order valence-electron chi connectivity index (χ3n) is 2.80. The van der Waals surface area contributed by atoms with Gasteiger partial charge in [0, 0.05) is 19.6 Å². The number of hydrogen-bond donors (Lipinski definition) is 3. The molecule has 6 heteroatoms. The Kier molecular flexibility index (Phi) is 3.31. The van der Waals surface area contributed by atoms with Crippen molar-refractivity contribution in [3.05, 3.63) is 0 Å². The molecule has 1 fully saturated rings. The molecule has 1 unspecified atom stereocenters. The lowest BCUT2D eigenvalue weighted by Crippen LogP contribution is -2.67. The van der Waals surface area contributed by atoms with Gasteiger partial charge in [-0.15, -0.1) is 0 Å². The van der Waals surface area contributed by atoms with Crippen LogP contribution in [0.1, 0.15) is 13.8 Å². The number of carboxylic acid groups (broad SMARTS) is 1. The van der Waals surface area contributed by atoms with Crippen LogP contribution in [0.2, 0.25) is 0 Å². The molecule has 4 N–H and O–H groups in total. The highest BCUT2D eigenvalue weighted by Gasteiger charge is 2.43. The summed E-state index contributed by atoms with van der Waals surface area (Å²) in [5, 5.41) is 11.7. The molecular formula is C9H17N3O3. The summed E-state index contributed by atoms with van der Waals surface area (Å²) in [4.78, 5) is 24.2. The molecule has 1 rings (SSSR count). The van der Waals surface area contributed by atoms with E-state index in [2.05, 4.69) is 5.32 Å². The van der Waals surface area contributed by atoms with Crippen LogP contribution in [0.5, 0.6) is 0 Å². The first-order valence-corrected chi connectivity index (χ1v) is 4.89. The lowest BCUT2D eigenvalue weighted by molar-refractivity contribution is -0.150. The molecule has 15 heavy (non-hydrogen) atoms. The van der Waals surface area contributed by atoms with Crippen LogP contribution in [0.15, 0.2) is 0 Å². The normalized spacial score (nSPS) is 23.3. The van der Waals surface area contributed by atoms with Crippen LogP contribution in [0.25, 0.3) is 0 Å². The second kappa shape index (κ2) is 4.16. The molecule has 0 bridgehead atoms. The largest absolute Gasteiger partial charge is 0.480 e. The van der Waals surface area contributed by atoms with Crippen LogP contribution >= 0.6 is 0 Å². The first-order chi connectivity index (χ1) is 6.91. The van der Waals surface area contributed by atoms with Crippen LogP contribution in [0, 0.1) is 0 Å². The van der Waals surface area contributed by atoms with E-state index in [1.807, 2.05) is 0 Å². The zero-order valence-electron chi connectivity index (χ0n) is 8.99. The van der Waals surface area contributed by atoms with Gasteiger partial charge in [-0.2, -0.15) is 0 Å². The van der Waals surface area contributed by atoms with Gasteiger partial charge in [0.2, 0.25) is 5.91 Å². The van der Waals surface area contributed by atoms with E-state index in [-0.39, 0.29) is 12.5 Å². The van der Waals surface area contributed by atoms with Gasteiger partial charge in [-0.1, -0.05) is 0 Å². The minimum atomic E-state index is -0.986. The number of carbonyl (C=O) groups is 2. The van der Waals surface area contributed by atoms with Crippen molar-refractivity contribution in [1.82, 2.24) is 10.2 Å². The Morgan fingerprint density at radius 1 is 1.73 bits per heavy atom. The number of nitrogens with zero attached hydrogens (tertiary/aromatic N) is 1. The van der Waals surface area contributed by atoms with Gasteiger partial charge in [0.05, 0.1) is 5.54 Å². The van der Waals surface area contributed by atoms with E-state index in [9.17, 15) is 9.59 Å². The van der Waals surface area contributed by atoms with Crippen molar-refractivity contribution in [2.45, 2.75) is 25.4 Å². The predicted molar refractivity (Wildman–Crippen MR) is 54.3 cm³/mol. The highest BCUT2D eigenvalue weighted by Crippen LogP contribution is 2.20. The molecule has 86 valence electrons. The number of piperazine rings is 1. The summed E-state index contributed by atoms with van der Waals surface area (Å²) in [7, 11) is 0. The zero-order chi connectivity index (χ0) is 11.6. The highest BCUT2D eigenvalue weighted by molar-refractivity contribution is 5.87. The highest BCUT2D eigenvalue weighted by atomic mass is 16.4. The molecule has 1 aliphatic heterocycles. The molecule has 0 aromatic carbocycles. The monoisotopic (exact) mass is 215 g/mol. The Hall–Kier alpha value is -1.14. The predicted octanol–water partition coefficient (Wildman–Crippen LogP) is -1.39. The summed E-state index contributed by atoms with van der Waals surface area (Å²) in [5.74, 6) is -1.14. The van der Waals surface area contributed by atoms with Crippen molar-refractivity contribution in [3.63, 3.8) is 0 Å². The summed E-state index contributed by atoms with van der Waals surface area (Å²) >= 11 is 0. The van der Waals surface area contributed by atoms with Gasteiger partial charge in [-0.25, -0.2) is 0 Å². The maximum absolute atomic E-state index is 11.6. The fraction of sp³-hybridized carbons (Fsp3) is 0.778. The standard InChI is InChI=1S/C9H17N3O3/c1-9(2)8(15)11-3-4-12(9)6(5-10)7(13)14/h6H,3-5,10H2,1-2H3,(H,11,15)(H,13,14). The van der Waals surface area contributed by atoms with Crippen molar-refractivity contribution in [2.75, 3.05) is 19.6 Å². The van der Waals surface area contributed by atoms with E-state index in [0.29, 0.717) is 13.1 Å². The smallest absolute Gasteiger partial charge is 0.322 e. The SMILES string of the molecule is CC1(C)C(=O)NCCN1C(CN)C(=O)O. The lowest BCUT2D eigenvalue weighted by Gasteiger charge is -2.43. The molecule has 1 heterocycles. The molecule has 0 spiro atoms. The minimum Gasteiger partial charge on any atom is -0.480 e. The zero-order valence-corrected chi connectivity index (χ0v) is 8.99. The molecule has 1 saturated heterocycles. The number of carbonyl (C=O) groups excluding carboxylic acids is 1. The van der Waals surface area contributed by atoms with Crippen molar-refractivity contribution in [2.24, 2.45) is 5.73 Å². The molecule has 1 atom stereocenters. The number of carboxylic acids is 1. The third kappa shape index (κ3) is 2.10. The first-order valence-electron chi connectivity index (χ1n) is 4.89. The summed E-state index contributed by atoms with van der Waals surface area (Å²) in [5.41, 5.74) is 4.60. The van der Waals surface area contributed by atoms with Crippen molar-refractivity contribution in [1.29, 1.82) is 0 Å². The molecule has 1 amide bonds. The Labute approximate surface area is 88.4 Å². The number of hydrogen-bond acceptors (Lipinski definition) is 4. The Bertz CT molecular complexity index is 278. The second-order valence-corrected chi connectivity index (χ2v) is 4.10. The molecular weight excluding hydrogens is 198 g/mol. The molecule has 6 nitrogen and oxygen atoms in total. The average Bonchev–Trinajstić information content (AvgIpc) is 2.13. The number of rotatable bonds is 3. The van der Waals surface area contributed by atoms with E-state index >= 15 is 0 Å².